The minimum Gasteiger partial charge on any atom is -0.381 e. The van der Waals surface area contributed by atoms with Gasteiger partial charge in [-0.2, -0.15) is 18.3 Å². The molecule has 0 amide bonds. The number of hydrogen-bond acceptors (Lipinski definition) is 5. The summed E-state index contributed by atoms with van der Waals surface area (Å²) in [4.78, 5) is 3.40. The van der Waals surface area contributed by atoms with Gasteiger partial charge in [-0.15, -0.1) is 11.3 Å². The van der Waals surface area contributed by atoms with E-state index in [9.17, 15) is 13.2 Å². The van der Waals surface area contributed by atoms with Crippen LogP contribution >= 0.6 is 11.3 Å². The van der Waals surface area contributed by atoms with E-state index in [2.05, 4.69) is 15.3 Å². The largest absolute Gasteiger partial charge is 0.410 e. The number of thiophene rings is 1. The number of nitrogens with one attached hydrogen (secondary N) is 1. The Labute approximate surface area is 178 Å². The van der Waals surface area contributed by atoms with E-state index in [4.69, 9.17) is 4.74 Å². The van der Waals surface area contributed by atoms with Gasteiger partial charge in [0.25, 0.3) is 0 Å². The Morgan fingerprint density at radius 3 is 2.73 bits per heavy atom. The standard InChI is InChI=1S/C21H27F3N4OS/c22-21(23,24)19-10-17(18-2-1-9-30-18)25-20-11-16(26-28(19)20)15-3-6-27(7-4-15)12-14-5-8-29-13-14/h1-2,9,11,14-15,17,19,25H,3-8,10,12-13H2/t14?,17-,19+/m0/s1. The average Bonchev–Trinajstić information content (AvgIpc) is 3.48. The Kier molecular flexibility index (Phi) is 5.53. The molecule has 2 aromatic heterocycles. The Hall–Kier alpha value is -1.58. The Balaban J connectivity index is 1.30. The van der Waals surface area contributed by atoms with E-state index < -0.39 is 12.2 Å². The van der Waals surface area contributed by atoms with Crippen LogP contribution in [0.25, 0.3) is 0 Å². The Bertz CT molecular complexity index is 839. The maximum Gasteiger partial charge on any atom is 0.410 e. The van der Waals surface area contributed by atoms with Gasteiger partial charge in [0.1, 0.15) is 5.82 Å². The third-order valence-corrected chi connectivity index (χ3v) is 7.63. The van der Waals surface area contributed by atoms with Crippen molar-refractivity contribution in [2.45, 2.75) is 49.9 Å². The van der Waals surface area contributed by atoms with Gasteiger partial charge in [-0.3, -0.25) is 0 Å². The number of likely N-dealkylation sites (tertiary alicyclic amines) is 1. The summed E-state index contributed by atoms with van der Waals surface area (Å²) < 4.78 is 48.1. The first kappa shape index (κ1) is 20.3. The molecule has 2 saturated heterocycles. The first-order valence-electron chi connectivity index (χ1n) is 10.7. The van der Waals surface area contributed by atoms with Gasteiger partial charge >= 0.3 is 6.18 Å². The van der Waals surface area contributed by atoms with Gasteiger partial charge in [-0.1, -0.05) is 6.07 Å². The number of halogens is 3. The fourth-order valence-electron chi connectivity index (χ4n) is 4.97. The number of piperidine rings is 1. The molecule has 1 unspecified atom stereocenters. The lowest BCUT2D eigenvalue weighted by Crippen LogP contribution is -2.37. The minimum absolute atomic E-state index is 0.0277. The molecule has 3 aliphatic rings. The summed E-state index contributed by atoms with van der Waals surface area (Å²) in [5.74, 6) is 1.32. The zero-order chi connectivity index (χ0) is 20.7. The summed E-state index contributed by atoms with van der Waals surface area (Å²) in [6.45, 7) is 4.71. The van der Waals surface area contributed by atoms with E-state index in [-0.39, 0.29) is 18.4 Å². The zero-order valence-electron chi connectivity index (χ0n) is 16.8. The molecule has 0 radical (unpaired) electrons. The van der Waals surface area contributed by atoms with Gasteiger partial charge in [0.05, 0.1) is 18.3 Å². The van der Waals surface area contributed by atoms with Crippen LogP contribution in [0.5, 0.6) is 0 Å². The van der Waals surface area contributed by atoms with Crippen LogP contribution in [0.1, 0.15) is 54.3 Å². The second-order valence-electron chi connectivity index (χ2n) is 8.71. The van der Waals surface area contributed by atoms with Gasteiger partial charge in [0.15, 0.2) is 6.04 Å². The highest BCUT2D eigenvalue weighted by Crippen LogP contribution is 2.45. The first-order chi connectivity index (χ1) is 14.5. The molecule has 2 aromatic rings. The third kappa shape index (κ3) is 4.11. The maximum absolute atomic E-state index is 13.8. The molecule has 2 fully saturated rings. The second kappa shape index (κ2) is 8.16. The predicted molar refractivity (Wildman–Crippen MR) is 110 cm³/mol. The lowest BCUT2D eigenvalue weighted by Gasteiger charge is -2.33. The van der Waals surface area contributed by atoms with Crippen molar-refractivity contribution in [2.75, 3.05) is 38.2 Å². The third-order valence-electron chi connectivity index (χ3n) is 6.64. The number of fused-ring (bicyclic) bond motifs is 1. The molecule has 5 heterocycles. The van der Waals surface area contributed by atoms with Gasteiger partial charge in [0, 0.05) is 36.4 Å². The van der Waals surface area contributed by atoms with Gasteiger partial charge in [-0.05, 0) is 49.7 Å². The van der Waals surface area contributed by atoms with E-state index in [0.29, 0.717) is 11.7 Å². The molecule has 1 N–H and O–H groups in total. The topological polar surface area (TPSA) is 42.3 Å². The normalized spacial score (nSPS) is 28.4. The van der Waals surface area contributed by atoms with Crippen molar-refractivity contribution in [1.29, 1.82) is 0 Å². The molecule has 3 atom stereocenters. The van der Waals surface area contributed by atoms with Crippen LogP contribution in [0.3, 0.4) is 0 Å². The van der Waals surface area contributed by atoms with Crippen molar-refractivity contribution in [2.24, 2.45) is 5.92 Å². The van der Waals surface area contributed by atoms with E-state index in [0.717, 1.165) is 62.7 Å². The molecule has 5 rings (SSSR count). The van der Waals surface area contributed by atoms with Crippen LogP contribution in [-0.2, 0) is 4.74 Å². The van der Waals surface area contributed by atoms with Gasteiger partial charge < -0.3 is 15.0 Å². The molecule has 0 aromatic carbocycles. The number of nitrogens with zero attached hydrogens (tertiary/aromatic N) is 3. The highest BCUT2D eigenvalue weighted by atomic mass is 32.1. The highest BCUT2D eigenvalue weighted by molar-refractivity contribution is 7.10. The smallest absolute Gasteiger partial charge is 0.381 e. The van der Waals surface area contributed by atoms with Crippen molar-refractivity contribution in [3.05, 3.63) is 34.2 Å². The van der Waals surface area contributed by atoms with Gasteiger partial charge in [-0.25, -0.2) is 4.68 Å². The van der Waals surface area contributed by atoms with Crippen molar-refractivity contribution in [1.82, 2.24) is 14.7 Å². The number of ether oxygens (including phenoxy) is 1. The fraction of sp³-hybridized carbons (Fsp3) is 0.667. The lowest BCUT2D eigenvalue weighted by molar-refractivity contribution is -0.173. The number of alkyl halides is 3. The molecule has 9 heteroatoms. The molecule has 0 bridgehead atoms. The maximum atomic E-state index is 13.8. The molecule has 0 saturated carbocycles. The van der Waals surface area contributed by atoms with Crippen LogP contribution in [0.2, 0.25) is 0 Å². The summed E-state index contributed by atoms with van der Waals surface area (Å²) >= 11 is 1.49. The Morgan fingerprint density at radius 2 is 2.07 bits per heavy atom. The van der Waals surface area contributed by atoms with Crippen LogP contribution in [0.15, 0.2) is 23.6 Å². The van der Waals surface area contributed by atoms with Crippen molar-refractivity contribution in [3.63, 3.8) is 0 Å². The molecule has 0 spiro atoms. The van der Waals surface area contributed by atoms with Crippen LogP contribution in [0.4, 0.5) is 19.0 Å². The number of hydrogen-bond donors (Lipinski definition) is 1. The lowest BCUT2D eigenvalue weighted by atomic mass is 9.93. The number of anilines is 1. The Morgan fingerprint density at radius 1 is 1.23 bits per heavy atom. The summed E-state index contributed by atoms with van der Waals surface area (Å²) in [6, 6.07) is 3.71. The summed E-state index contributed by atoms with van der Waals surface area (Å²) in [6.07, 6.45) is -1.34. The van der Waals surface area contributed by atoms with E-state index in [1.807, 2.05) is 23.6 Å². The molecule has 5 nitrogen and oxygen atoms in total. The van der Waals surface area contributed by atoms with Crippen molar-refractivity contribution >= 4 is 17.2 Å². The average molecular weight is 441 g/mol. The quantitative estimate of drug-likeness (QED) is 0.740. The van der Waals surface area contributed by atoms with Crippen LogP contribution < -0.4 is 5.32 Å². The molecule has 164 valence electrons. The summed E-state index contributed by atoms with van der Waals surface area (Å²) in [5.41, 5.74) is 0.794. The van der Waals surface area contributed by atoms with Crippen molar-refractivity contribution < 1.29 is 17.9 Å². The monoisotopic (exact) mass is 440 g/mol. The molecule has 3 aliphatic heterocycles. The van der Waals surface area contributed by atoms with E-state index in [1.165, 1.54) is 16.0 Å². The molecule has 30 heavy (non-hydrogen) atoms. The molecular formula is C21H27F3N4OS. The van der Waals surface area contributed by atoms with E-state index >= 15 is 0 Å². The summed E-state index contributed by atoms with van der Waals surface area (Å²) in [7, 11) is 0. The zero-order valence-corrected chi connectivity index (χ0v) is 17.6. The van der Waals surface area contributed by atoms with Crippen LogP contribution in [-0.4, -0.2) is 53.7 Å². The first-order valence-corrected chi connectivity index (χ1v) is 11.6. The van der Waals surface area contributed by atoms with Gasteiger partial charge in [0.2, 0.25) is 0 Å². The fourth-order valence-corrected chi connectivity index (χ4v) is 5.76. The van der Waals surface area contributed by atoms with E-state index in [1.54, 1.807) is 0 Å². The second-order valence-corrected chi connectivity index (χ2v) is 9.69. The number of aromatic nitrogens is 2. The van der Waals surface area contributed by atoms with Crippen LogP contribution in [0, 0.1) is 5.92 Å². The minimum atomic E-state index is -4.32. The SMILES string of the molecule is FC(F)(F)[C@H]1C[C@@H](c2cccs2)Nc2cc(C3CCN(CC4CCOC4)CC3)nn21. The van der Waals surface area contributed by atoms with Crippen molar-refractivity contribution in [3.8, 4) is 0 Å². The summed E-state index contributed by atoms with van der Waals surface area (Å²) in [5, 5.41) is 9.68. The number of rotatable bonds is 4. The molecular weight excluding hydrogens is 413 g/mol. The predicted octanol–water partition coefficient (Wildman–Crippen LogP) is 4.82. The highest BCUT2D eigenvalue weighted by Gasteiger charge is 2.47. The molecule has 0 aliphatic carbocycles.